The predicted octanol–water partition coefficient (Wildman–Crippen LogP) is 2.81. The van der Waals surface area contributed by atoms with Gasteiger partial charge >= 0.3 is 0 Å². The van der Waals surface area contributed by atoms with Gasteiger partial charge < -0.3 is 14.6 Å². The van der Waals surface area contributed by atoms with Crippen LogP contribution in [0.1, 0.15) is 42.7 Å². The summed E-state index contributed by atoms with van der Waals surface area (Å²) in [5.41, 5.74) is 0. The Balaban J connectivity index is 1.48. The first-order chi connectivity index (χ1) is 10.6. The van der Waals surface area contributed by atoms with Crippen molar-refractivity contribution in [3.05, 3.63) is 22.6 Å². The maximum atomic E-state index is 12.3. The highest BCUT2D eigenvalue weighted by Gasteiger charge is 2.32. The Hall–Kier alpha value is -1.30. The molecule has 2 atom stereocenters. The van der Waals surface area contributed by atoms with Gasteiger partial charge in [0.15, 0.2) is 10.4 Å². The molecule has 0 bridgehead atoms. The van der Waals surface area contributed by atoms with E-state index >= 15 is 0 Å². The summed E-state index contributed by atoms with van der Waals surface area (Å²) >= 11 is 3.15. The molecule has 0 aromatic carbocycles. The normalized spacial score (nSPS) is 24.7. The Morgan fingerprint density at radius 1 is 1.23 bits per heavy atom. The third-order valence-electron chi connectivity index (χ3n) is 4.84. The van der Waals surface area contributed by atoms with Crippen molar-refractivity contribution >= 4 is 27.7 Å². The third-order valence-corrected chi connectivity index (χ3v) is 5.27. The van der Waals surface area contributed by atoms with Crippen LogP contribution in [0.3, 0.4) is 0 Å². The van der Waals surface area contributed by atoms with E-state index in [1.807, 2.05) is 4.90 Å². The minimum atomic E-state index is -0.355. The van der Waals surface area contributed by atoms with E-state index in [-0.39, 0.29) is 24.1 Å². The molecule has 1 aromatic heterocycles. The zero-order valence-electron chi connectivity index (χ0n) is 12.5. The molecule has 120 valence electrons. The van der Waals surface area contributed by atoms with Crippen molar-refractivity contribution in [1.82, 2.24) is 10.2 Å². The molecule has 0 radical (unpaired) electrons. The van der Waals surface area contributed by atoms with Crippen molar-refractivity contribution in [3.8, 4) is 0 Å². The molecule has 2 aliphatic rings. The first kappa shape index (κ1) is 15.6. The van der Waals surface area contributed by atoms with E-state index in [9.17, 15) is 9.59 Å². The molecule has 5 nitrogen and oxygen atoms in total. The lowest BCUT2D eigenvalue weighted by atomic mass is 9.75. The minimum Gasteiger partial charge on any atom is -0.444 e. The van der Waals surface area contributed by atoms with Crippen LogP contribution in [0.4, 0.5) is 0 Å². The van der Waals surface area contributed by atoms with Gasteiger partial charge in [-0.05, 0) is 52.7 Å². The third kappa shape index (κ3) is 3.54. The second-order valence-electron chi connectivity index (χ2n) is 6.22. The minimum absolute atomic E-state index is 0.00277. The fourth-order valence-corrected chi connectivity index (χ4v) is 3.93. The van der Waals surface area contributed by atoms with Crippen LogP contribution >= 0.6 is 15.9 Å². The fourth-order valence-electron chi connectivity index (χ4n) is 3.62. The molecule has 0 unspecified atom stereocenters. The smallest absolute Gasteiger partial charge is 0.287 e. The molecule has 3 rings (SSSR count). The Kier molecular flexibility index (Phi) is 4.86. The zero-order chi connectivity index (χ0) is 15.5. The van der Waals surface area contributed by atoms with Gasteiger partial charge in [-0.25, -0.2) is 0 Å². The SMILES string of the molecule is O=C(NCC(=O)N1CC[C@H]2CCCC[C@@H]2C1)c1ccc(Br)o1. The average Bonchev–Trinajstić information content (AvgIpc) is 2.98. The molecule has 1 saturated carbocycles. The van der Waals surface area contributed by atoms with Crippen molar-refractivity contribution in [3.63, 3.8) is 0 Å². The number of fused-ring (bicyclic) bond motifs is 1. The standard InChI is InChI=1S/C16H21BrN2O3/c17-14-6-5-13(22-14)16(21)18-9-15(20)19-8-7-11-3-1-2-4-12(11)10-19/h5-6,11-12H,1-4,7-10H2,(H,18,21)/t11-,12-/m1/s1. The predicted molar refractivity (Wildman–Crippen MR) is 85.4 cm³/mol. The number of likely N-dealkylation sites (tertiary alicyclic amines) is 1. The summed E-state index contributed by atoms with van der Waals surface area (Å²) in [4.78, 5) is 26.1. The van der Waals surface area contributed by atoms with Crippen LogP contribution in [-0.4, -0.2) is 36.3 Å². The molecule has 1 aliphatic carbocycles. The zero-order valence-corrected chi connectivity index (χ0v) is 14.1. The van der Waals surface area contributed by atoms with Gasteiger partial charge in [0.25, 0.3) is 5.91 Å². The number of rotatable bonds is 3. The van der Waals surface area contributed by atoms with Crippen LogP contribution in [0.2, 0.25) is 0 Å². The number of carbonyl (C=O) groups is 2. The van der Waals surface area contributed by atoms with Gasteiger partial charge in [-0.15, -0.1) is 0 Å². The van der Waals surface area contributed by atoms with Crippen LogP contribution in [0.15, 0.2) is 21.2 Å². The molecule has 1 aliphatic heterocycles. The van der Waals surface area contributed by atoms with Crippen molar-refractivity contribution in [2.24, 2.45) is 11.8 Å². The monoisotopic (exact) mass is 368 g/mol. The Morgan fingerprint density at radius 3 is 2.73 bits per heavy atom. The molecule has 22 heavy (non-hydrogen) atoms. The second kappa shape index (κ2) is 6.86. The summed E-state index contributed by atoms with van der Waals surface area (Å²) in [6.07, 6.45) is 6.28. The van der Waals surface area contributed by atoms with Crippen molar-refractivity contribution in [2.75, 3.05) is 19.6 Å². The van der Waals surface area contributed by atoms with Gasteiger partial charge in [0.1, 0.15) is 0 Å². The van der Waals surface area contributed by atoms with Gasteiger partial charge in [0.05, 0.1) is 6.54 Å². The van der Waals surface area contributed by atoms with E-state index < -0.39 is 0 Å². The lowest BCUT2D eigenvalue weighted by molar-refractivity contribution is -0.133. The molecule has 1 aromatic rings. The van der Waals surface area contributed by atoms with Gasteiger partial charge in [0, 0.05) is 13.1 Å². The Morgan fingerprint density at radius 2 is 2.00 bits per heavy atom. The number of halogens is 1. The van der Waals surface area contributed by atoms with Gasteiger partial charge in [-0.3, -0.25) is 9.59 Å². The van der Waals surface area contributed by atoms with Crippen molar-refractivity contribution in [1.29, 1.82) is 0 Å². The number of nitrogens with zero attached hydrogens (tertiary/aromatic N) is 1. The molecular formula is C16H21BrN2O3. The molecule has 0 spiro atoms. The van der Waals surface area contributed by atoms with Crippen LogP contribution in [0.25, 0.3) is 0 Å². The maximum absolute atomic E-state index is 12.3. The summed E-state index contributed by atoms with van der Waals surface area (Å²) in [6, 6.07) is 3.24. The topological polar surface area (TPSA) is 62.6 Å². The second-order valence-corrected chi connectivity index (χ2v) is 7.00. The summed E-state index contributed by atoms with van der Waals surface area (Å²) in [5, 5.41) is 2.64. The first-order valence-corrected chi connectivity index (χ1v) is 8.74. The van der Waals surface area contributed by atoms with E-state index in [1.165, 1.54) is 25.7 Å². The van der Waals surface area contributed by atoms with Crippen molar-refractivity contribution < 1.29 is 14.0 Å². The average molecular weight is 369 g/mol. The Labute approximate surface area is 138 Å². The highest BCUT2D eigenvalue weighted by Crippen LogP contribution is 2.35. The van der Waals surface area contributed by atoms with E-state index in [0.717, 1.165) is 25.4 Å². The van der Waals surface area contributed by atoms with Crippen LogP contribution < -0.4 is 5.32 Å². The fraction of sp³-hybridized carbons (Fsp3) is 0.625. The number of furan rings is 1. The van der Waals surface area contributed by atoms with Crippen LogP contribution in [-0.2, 0) is 4.79 Å². The summed E-state index contributed by atoms with van der Waals surface area (Å²) in [6.45, 7) is 1.71. The molecule has 1 N–H and O–H groups in total. The highest BCUT2D eigenvalue weighted by atomic mass is 79.9. The number of hydrogen-bond acceptors (Lipinski definition) is 3. The van der Waals surface area contributed by atoms with Gasteiger partial charge in [0.2, 0.25) is 5.91 Å². The largest absolute Gasteiger partial charge is 0.444 e. The molecule has 2 amide bonds. The number of nitrogens with one attached hydrogen (secondary N) is 1. The highest BCUT2D eigenvalue weighted by molar-refractivity contribution is 9.10. The van der Waals surface area contributed by atoms with Gasteiger partial charge in [-0.1, -0.05) is 19.3 Å². The number of hydrogen-bond donors (Lipinski definition) is 1. The van der Waals surface area contributed by atoms with E-state index in [1.54, 1.807) is 12.1 Å². The first-order valence-electron chi connectivity index (χ1n) is 7.95. The van der Waals surface area contributed by atoms with Crippen LogP contribution in [0.5, 0.6) is 0 Å². The number of carbonyl (C=O) groups excluding carboxylic acids is 2. The summed E-state index contributed by atoms with van der Waals surface area (Å²) in [7, 11) is 0. The lowest BCUT2D eigenvalue weighted by Gasteiger charge is -2.41. The summed E-state index contributed by atoms with van der Waals surface area (Å²) in [5.74, 6) is 1.32. The van der Waals surface area contributed by atoms with E-state index in [0.29, 0.717) is 10.6 Å². The summed E-state index contributed by atoms with van der Waals surface area (Å²) < 4.78 is 5.68. The number of piperidine rings is 1. The van der Waals surface area contributed by atoms with Crippen LogP contribution in [0, 0.1) is 11.8 Å². The maximum Gasteiger partial charge on any atom is 0.287 e. The molecule has 1 saturated heterocycles. The molecule has 2 heterocycles. The Bertz CT molecular complexity index is 557. The quantitative estimate of drug-likeness (QED) is 0.891. The van der Waals surface area contributed by atoms with Gasteiger partial charge in [-0.2, -0.15) is 0 Å². The van der Waals surface area contributed by atoms with E-state index in [2.05, 4.69) is 21.2 Å². The number of amides is 2. The lowest BCUT2D eigenvalue weighted by Crippen LogP contribution is -2.48. The molecule has 2 fully saturated rings. The van der Waals surface area contributed by atoms with E-state index in [4.69, 9.17) is 4.42 Å². The molecule has 6 heteroatoms. The molecular weight excluding hydrogens is 348 g/mol. The van der Waals surface area contributed by atoms with Crippen molar-refractivity contribution in [2.45, 2.75) is 32.1 Å².